The molecule has 3 heterocycles. The third-order valence-corrected chi connectivity index (χ3v) is 5.83. The van der Waals surface area contributed by atoms with Gasteiger partial charge in [-0.3, -0.25) is 9.59 Å². The first-order valence-electron chi connectivity index (χ1n) is 11.0. The number of rotatable bonds is 7. The van der Waals surface area contributed by atoms with Crippen molar-refractivity contribution in [1.29, 1.82) is 0 Å². The smallest absolute Gasteiger partial charge is 0.227 e. The van der Waals surface area contributed by atoms with Gasteiger partial charge in [-0.2, -0.15) is 0 Å². The Morgan fingerprint density at radius 1 is 1.10 bits per heavy atom. The van der Waals surface area contributed by atoms with Crippen molar-refractivity contribution in [2.45, 2.75) is 33.1 Å². The molecule has 2 aliphatic rings. The fourth-order valence-electron chi connectivity index (χ4n) is 4.13. The maximum Gasteiger partial charge on any atom is 0.227 e. The summed E-state index contributed by atoms with van der Waals surface area (Å²) in [7, 11) is 0. The number of nitrogens with one attached hydrogen (secondary N) is 2. The van der Waals surface area contributed by atoms with Crippen molar-refractivity contribution in [3.63, 3.8) is 0 Å². The topological polar surface area (TPSA) is 90.5 Å². The minimum Gasteiger partial charge on any atom is -0.368 e. The maximum absolute atomic E-state index is 12.6. The Kier molecular flexibility index (Phi) is 6.34. The maximum atomic E-state index is 12.6. The Morgan fingerprint density at radius 2 is 1.84 bits per heavy atom. The van der Waals surface area contributed by atoms with E-state index < -0.39 is 0 Å². The van der Waals surface area contributed by atoms with E-state index in [0.717, 1.165) is 41.8 Å². The summed E-state index contributed by atoms with van der Waals surface area (Å²) in [5.74, 6) is 2.05. The first-order chi connectivity index (χ1) is 15.0. The summed E-state index contributed by atoms with van der Waals surface area (Å²) < 4.78 is 0. The molecule has 2 aromatic rings. The highest BCUT2D eigenvalue weighted by molar-refractivity contribution is 6.00. The molecule has 164 valence electrons. The predicted molar refractivity (Wildman–Crippen MR) is 121 cm³/mol. The normalized spacial score (nSPS) is 18.5. The lowest BCUT2D eigenvalue weighted by atomic mass is 10.1. The molecule has 2 saturated heterocycles. The molecule has 1 aromatic carbocycles. The molecule has 8 nitrogen and oxygen atoms in total. The van der Waals surface area contributed by atoms with Crippen molar-refractivity contribution < 1.29 is 9.59 Å². The zero-order chi connectivity index (χ0) is 21.8. The molecule has 4 rings (SSSR count). The first-order valence-corrected chi connectivity index (χ1v) is 11.0. The molecule has 2 amide bonds. The van der Waals surface area contributed by atoms with Gasteiger partial charge in [-0.15, -0.1) is 0 Å². The summed E-state index contributed by atoms with van der Waals surface area (Å²) in [6.45, 7) is 7.42. The van der Waals surface area contributed by atoms with Gasteiger partial charge < -0.3 is 20.4 Å². The standard InChI is InChI=1S/C23H30N6O2/c1-16-5-7-19(8-6-16)29-15-18(13-22(29)30)23(31)25-10-9-24-20-14-21(27-17(2)26-20)28-11-3-4-12-28/h5-8,14,18H,3-4,9-13,15H2,1-2H3,(H,25,31)(H,24,26,27). The van der Waals surface area contributed by atoms with Gasteiger partial charge in [0.2, 0.25) is 11.8 Å². The SMILES string of the molecule is Cc1ccc(N2CC(C(=O)NCCNc3cc(N4CCCC4)nc(C)n3)CC2=O)cc1. The van der Waals surface area contributed by atoms with Gasteiger partial charge in [-0.1, -0.05) is 17.7 Å². The summed E-state index contributed by atoms with van der Waals surface area (Å²) in [4.78, 5) is 37.9. The third kappa shape index (κ3) is 5.13. The molecule has 0 radical (unpaired) electrons. The number of hydrogen-bond acceptors (Lipinski definition) is 6. The van der Waals surface area contributed by atoms with Crippen molar-refractivity contribution in [3.8, 4) is 0 Å². The lowest BCUT2D eigenvalue weighted by molar-refractivity contribution is -0.126. The fraction of sp³-hybridized carbons (Fsp3) is 0.478. The van der Waals surface area contributed by atoms with Crippen LogP contribution in [0.25, 0.3) is 0 Å². The number of anilines is 3. The van der Waals surface area contributed by atoms with E-state index in [9.17, 15) is 9.59 Å². The van der Waals surface area contributed by atoms with E-state index >= 15 is 0 Å². The highest BCUT2D eigenvalue weighted by Gasteiger charge is 2.34. The van der Waals surface area contributed by atoms with Gasteiger partial charge in [0.05, 0.1) is 5.92 Å². The highest BCUT2D eigenvalue weighted by Crippen LogP contribution is 2.25. The Bertz CT molecular complexity index is 940. The second-order valence-electron chi connectivity index (χ2n) is 8.31. The molecule has 1 aromatic heterocycles. The largest absolute Gasteiger partial charge is 0.368 e. The number of aryl methyl sites for hydroxylation is 2. The zero-order valence-electron chi connectivity index (χ0n) is 18.2. The third-order valence-electron chi connectivity index (χ3n) is 5.83. The van der Waals surface area contributed by atoms with Crippen LogP contribution in [0.5, 0.6) is 0 Å². The summed E-state index contributed by atoms with van der Waals surface area (Å²) in [5, 5.41) is 6.22. The Hall–Kier alpha value is -3.16. The van der Waals surface area contributed by atoms with E-state index in [0.29, 0.717) is 19.6 Å². The molecule has 8 heteroatoms. The van der Waals surface area contributed by atoms with Crippen LogP contribution in [0.4, 0.5) is 17.3 Å². The predicted octanol–water partition coefficient (Wildman–Crippen LogP) is 2.27. The lowest BCUT2D eigenvalue weighted by Crippen LogP contribution is -2.35. The molecular formula is C23H30N6O2. The second-order valence-corrected chi connectivity index (χ2v) is 8.31. The van der Waals surface area contributed by atoms with Crippen LogP contribution < -0.4 is 20.4 Å². The van der Waals surface area contributed by atoms with Gasteiger partial charge in [0.1, 0.15) is 17.5 Å². The Morgan fingerprint density at radius 3 is 2.58 bits per heavy atom. The van der Waals surface area contributed by atoms with E-state index in [1.54, 1.807) is 4.90 Å². The summed E-state index contributed by atoms with van der Waals surface area (Å²) in [6, 6.07) is 9.78. The molecule has 1 atom stereocenters. The Balaban J connectivity index is 1.25. The van der Waals surface area contributed by atoms with Gasteiger partial charge in [0.15, 0.2) is 0 Å². The van der Waals surface area contributed by atoms with Crippen LogP contribution in [0.15, 0.2) is 30.3 Å². The molecule has 2 N–H and O–H groups in total. The second kappa shape index (κ2) is 9.32. The number of carbonyl (C=O) groups excluding carboxylic acids is 2. The molecule has 2 aliphatic heterocycles. The van der Waals surface area contributed by atoms with E-state index in [-0.39, 0.29) is 24.2 Å². The molecule has 0 spiro atoms. The number of hydrogen-bond donors (Lipinski definition) is 2. The molecular weight excluding hydrogens is 392 g/mol. The van der Waals surface area contributed by atoms with Gasteiger partial charge in [0, 0.05) is 50.9 Å². The van der Waals surface area contributed by atoms with E-state index in [1.807, 2.05) is 44.2 Å². The van der Waals surface area contributed by atoms with E-state index in [2.05, 4.69) is 25.5 Å². The average molecular weight is 423 g/mol. The lowest BCUT2D eigenvalue weighted by Gasteiger charge is -2.18. The molecule has 1 unspecified atom stereocenters. The van der Waals surface area contributed by atoms with Crippen LogP contribution in [0.3, 0.4) is 0 Å². The molecule has 0 aliphatic carbocycles. The van der Waals surface area contributed by atoms with Crippen LogP contribution in [0.2, 0.25) is 0 Å². The van der Waals surface area contributed by atoms with Crippen molar-refractivity contribution >= 4 is 29.1 Å². The van der Waals surface area contributed by atoms with Crippen LogP contribution in [0, 0.1) is 19.8 Å². The summed E-state index contributed by atoms with van der Waals surface area (Å²) >= 11 is 0. The van der Waals surface area contributed by atoms with Crippen LogP contribution in [0.1, 0.15) is 30.7 Å². The number of amides is 2. The van der Waals surface area contributed by atoms with Crippen molar-refractivity contribution in [3.05, 3.63) is 41.7 Å². The highest BCUT2D eigenvalue weighted by atomic mass is 16.2. The number of nitrogens with zero attached hydrogens (tertiary/aromatic N) is 4. The quantitative estimate of drug-likeness (QED) is 0.666. The first kappa shape index (κ1) is 21.1. The van der Waals surface area contributed by atoms with Crippen molar-refractivity contribution in [1.82, 2.24) is 15.3 Å². The zero-order valence-corrected chi connectivity index (χ0v) is 18.2. The van der Waals surface area contributed by atoms with Gasteiger partial charge >= 0.3 is 0 Å². The number of carbonyl (C=O) groups is 2. The number of benzene rings is 1. The Labute approximate surface area is 183 Å². The minimum atomic E-state index is -0.322. The van der Waals surface area contributed by atoms with Gasteiger partial charge in [-0.05, 0) is 38.8 Å². The average Bonchev–Trinajstić information content (AvgIpc) is 3.41. The van der Waals surface area contributed by atoms with E-state index in [4.69, 9.17) is 0 Å². The molecule has 0 saturated carbocycles. The van der Waals surface area contributed by atoms with Gasteiger partial charge in [0.25, 0.3) is 0 Å². The van der Waals surface area contributed by atoms with Crippen LogP contribution >= 0.6 is 0 Å². The minimum absolute atomic E-state index is 0.00645. The number of aromatic nitrogens is 2. The molecule has 31 heavy (non-hydrogen) atoms. The molecule has 2 fully saturated rings. The summed E-state index contributed by atoms with van der Waals surface area (Å²) in [5.41, 5.74) is 1.99. The fourth-order valence-corrected chi connectivity index (χ4v) is 4.13. The van der Waals surface area contributed by atoms with Crippen LogP contribution in [-0.2, 0) is 9.59 Å². The molecule has 0 bridgehead atoms. The monoisotopic (exact) mass is 422 g/mol. The van der Waals surface area contributed by atoms with Crippen LogP contribution in [-0.4, -0.2) is 54.5 Å². The van der Waals surface area contributed by atoms with Crippen molar-refractivity contribution in [2.75, 3.05) is 47.8 Å². The van der Waals surface area contributed by atoms with E-state index in [1.165, 1.54) is 12.8 Å². The van der Waals surface area contributed by atoms with Gasteiger partial charge in [-0.25, -0.2) is 9.97 Å². The van der Waals surface area contributed by atoms with Crippen molar-refractivity contribution in [2.24, 2.45) is 5.92 Å². The summed E-state index contributed by atoms with van der Waals surface area (Å²) in [6.07, 6.45) is 2.64.